The van der Waals surface area contributed by atoms with Crippen molar-refractivity contribution in [2.45, 2.75) is 45.7 Å². The second-order valence-corrected chi connectivity index (χ2v) is 8.12. The van der Waals surface area contributed by atoms with Gasteiger partial charge in [-0.05, 0) is 49.4 Å². The Balaban J connectivity index is 1.76. The average Bonchev–Trinajstić information content (AvgIpc) is 3.02. The largest absolute Gasteiger partial charge is 0.325 e. The lowest BCUT2D eigenvalue weighted by molar-refractivity contribution is -0.113. The summed E-state index contributed by atoms with van der Waals surface area (Å²) in [7, 11) is 0. The van der Waals surface area contributed by atoms with Crippen LogP contribution in [0.3, 0.4) is 0 Å². The third-order valence-corrected chi connectivity index (χ3v) is 5.60. The van der Waals surface area contributed by atoms with Crippen LogP contribution in [0, 0.1) is 20.8 Å². The first-order chi connectivity index (χ1) is 13.4. The third-order valence-electron chi connectivity index (χ3n) is 4.68. The number of carbonyl (C=O) groups is 1. The highest BCUT2D eigenvalue weighted by Crippen LogP contribution is 2.28. The van der Waals surface area contributed by atoms with Crippen LogP contribution in [0.4, 0.5) is 5.69 Å². The van der Waals surface area contributed by atoms with E-state index < -0.39 is 0 Å². The van der Waals surface area contributed by atoms with Gasteiger partial charge in [-0.1, -0.05) is 62.0 Å². The molecule has 0 fully saturated rings. The number of nitrogens with zero attached hydrogens (tertiary/aromatic N) is 3. The molecule has 28 heavy (non-hydrogen) atoms. The summed E-state index contributed by atoms with van der Waals surface area (Å²) in [5.41, 5.74) is 5.31. The summed E-state index contributed by atoms with van der Waals surface area (Å²) in [4.78, 5) is 12.6. The van der Waals surface area contributed by atoms with Gasteiger partial charge in [0.2, 0.25) is 5.91 Å². The fourth-order valence-electron chi connectivity index (χ4n) is 3.18. The van der Waals surface area contributed by atoms with Gasteiger partial charge in [-0.25, -0.2) is 0 Å². The Morgan fingerprint density at radius 1 is 1.04 bits per heavy atom. The highest BCUT2D eigenvalue weighted by molar-refractivity contribution is 7.99. The van der Waals surface area contributed by atoms with Crippen LogP contribution in [-0.2, 0) is 4.79 Å². The maximum absolute atomic E-state index is 12.6. The molecule has 0 aliphatic heterocycles. The number of aryl methyl sites for hydroxylation is 3. The summed E-state index contributed by atoms with van der Waals surface area (Å²) in [6.45, 7) is 10.3. The van der Waals surface area contributed by atoms with E-state index in [1.165, 1.54) is 11.8 Å². The van der Waals surface area contributed by atoms with Gasteiger partial charge >= 0.3 is 0 Å². The molecule has 3 aromatic rings. The number of hydrogen-bond donors (Lipinski definition) is 1. The average molecular weight is 395 g/mol. The maximum atomic E-state index is 12.6. The van der Waals surface area contributed by atoms with Crippen molar-refractivity contribution in [2.75, 3.05) is 11.1 Å². The molecule has 0 aliphatic carbocycles. The van der Waals surface area contributed by atoms with Crippen molar-refractivity contribution >= 4 is 23.4 Å². The smallest absolute Gasteiger partial charge is 0.234 e. The van der Waals surface area contributed by atoms with E-state index in [1.807, 2.05) is 48.7 Å². The number of thioether (sulfide) groups is 1. The van der Waals surface area contributed by atoms with Crippen molar-refractivity contribution in [3.05, 3.63) is 65.0 Å². The molecule has 2 aromatic carbocycles. The van der Waals surface area contributed by atoms with Gasteiger partial charge < -0.3 is 5.32 Å². The lowest BCUT2D eigenvalue weighted by Gasteiger charge is -2.16. The van der Waals surface area contributed by atoms with Crippen LogP contribution in [0.25, 0.3) is 5.69 Å². The van der Waals surface area contributed by atoms with Gasteiger partial charge in [-0.3, -0.25) is 9.36 Å². The highest BCUT2D eigenvalue weighted by Gasteiger charge is 2.16. The molecular weight excluding hydrogens is 368 g/mol. The molecule has 146 valence electrons. The summed E-state index contributed by atoms with van der Waals surface area (Å²) in [6.07, 6.45) is 0. The molecule has 0 saturated carbocycles. The maximum Gasteiger partial charge on any atom is 0.234 e. The molecule has 1 amide bonds. The topological polar surface area (TPSA) is 59.8 Å². The Morgan fingerprint density at radius 3 is 2.46 bits per heavy atom. The fraction of sp³-hybridized carbons (Fsp3) is 0.318. The molecule has 0 spiro atoms. The first-order valence-corrected chi connectivity index (χ1v) is 10.4. The number of carbonyl (C=O) groups excluding carboxylic acids is 1. The molecule has 0 radical (unpaired) electrons. The summed E-state index contributed by atoms with van der Waals surface area (Å²) in [6, 6.07) is 14.2. The number of aromatic nitrogens is 3. The molecule has 0 bridgehead atoms. The molecule has 0 saturated heterocycles. The van der Waals surface area contributed by atoms with Gasteiger partial charge in [-0.2, -0.15) is 0 Å². The van der Waals surface area contributed by atoms with Crippen LogP contribution in [0.1, 0.15) is 42.3 Å². The van der Waals surface area contributed by atoms with Gasteiger partial charge in [0.1, 0.15) is 5.82 Å². The molecule has 5 nitrogen and oxygen atoms in total. The highest BCUT2D eigenvalue weighted by atomic mass is 32.2. The van der Waals surface area contributed by atoms with Gasteiger partial charge in [0.05, 0.1) is 11.4 Å². The zero-order valence-corrected chi connectivity index (χ0v) is 17.8. The van der Waals surface area contributed by atoms with Crippen molar-refractivity contribution < 1.29 is 4.79 Å². The number of amides is 1. The second-order valence-electron chi connectivity index (χ2n) is 7.18. The van der Waals surface area contributed by atoms with Crippen LogP contribution in [-0.4, -0.2) is 26.4 Å². The van der Waals surface area contributed by atoms with E-state index in [2.05, 4.69) is 48.4 Å². The standard InChI is InChI=1S/C22H26N4OS/c1-14(2)18-11-8-10-16(4)21(18)23-20(27)13-28-22-25-24-17(5)26(22)19-12-7-6-9-15(19)3/h6-12,14H,13H2,1-5H3,(H,23,27). The van der Waals surface area contributed by atoms with Gasteiger partial charge in [0.25, 0.3) is 0 Å². The van der Waals surface area contributed by atoms with Crippen molar-refractivity contribution in [1.82, 2.24) is 14.8 Å². The molecule has 1 N–H and O–H groups in total. The van der Waals surface area contributed by atoms with Gasteiger partial charge in [0.15, 0.2) is 5.16 Å². The number of para-hydroxylation sites is 2. The zero-order chi connectivity index (χ0) is 20.3. The van der Waals surface area contributed by atoms with E-state index >= 15 is 0 Å². The summed E-state index contributed by atoms with van der Waals surface area (Å²) in [5, 5.41) is 12.3. The third kappa shape index (κ3) is 4.28. The van der Waals surface area contributed by atoms with Crippen LogP contribution >= 0.6 is 11.8 Å². The Labute approximate surface area is 170 Å². The van der Waals surface area contributed by atoms with E-state index in [0.717, 1.165) is 39.0 Å². The molecule has 0 aliphatic rings. The summed E-state index contributed by atoms with van der Waals surface area (Å²) in [5.74, 6) is 1.38. The van der Waals surface area contributed by atoms with Gasteiger partial charge in [-0.15, -0.1) is 10.2 Å². The second kappa shape index (κ2) is 8.61. The van der Waals surface area contributed by atoms with Crippen LogP contribution < -0.4 is 5.32 Å². The molecule has 3 rings (SSSR count). The fourth-order valence-corrected chi connectivity index (χ4v) is 3.97. The summed E-state index contributed by atoms with van der Waals surface area (Å²) < 4.78 is 2.00. The molecule has 1 heterocycles. The van der Waals surface area contributed by atoms with Crippen molar-refractivity contribution in [2.24, 2.45) is 0 Å². The van der Waals surface area contributed by atoms with Crippen LogP contribution in [0.15, 0.2) is 47.6 Å². The number of nitrogens with one attached hydrogen (secondary N) is 1. The zero-order valence-electron chi connectivity index (χ0n) is 17.0. The number of benzene rings is 2. The molecule has 1 aromatic heterocycles. The SMILES string of the molecule is Cc1ccccc1-n1c(C)nnc1SCC(=O)Nc1c(C)cccc1C(C)C. The molecule has 6 heteroatoms. The number of anilines is 1. The van der Waals surface area contributed by atoms with Crippen molar-refractivity contribution in [3.8, 4) is 5.69 Å². The van der Waals surface area contributed by atoms with E-state index in [9.17, 15) is 4.79 Å². The normalized spacial score (nSPS) is 11.1. The lowest BCUT2D eigenvalue weighted by atomic mass is 9.98. The minimum absolute atomic E-state index is 0.0433. The lowest BCUT2D eigenvalue weighted by Crippen LogP contribution is -2.17. The quantitative estimate of drug-likeness (QED) is 0.595. The number of rotatable bonds is 6. The predicted molar refractivity (Wildman–Crippen MR) is 115 cm³/mol. The Morgan fingerprint density at radius 2 is 1.75 bits per heavy atom. The molecule has 0 unspecified atom stereocenters. The van der Waals surface area contributed by atoms with E-state index in [1.54, 1.807) is 0 Å². The van der Waals surface area contributed by atoms with E-state index in [0.29, 0.717) is 5.92 Å². The van der Waals surface area contributed by atoms with Crippen molar-refractivity contribution in [3.63, 3.8) is 0 Å². The summed E-state index contributed by atoms with van der Waals surface area (Å²) >= 11 is 1.40. The molecular formula is C22H26N4OS. The van der Waals surface area contributed by atoms with Gasteiger partial charge in [0, 0.05) is 5.69 Å². The molecule has 0 atom stereocenters. The van der Waals surface area contributed by atoms with Crippen LogP contribution in [0.5, 0.6) is 0 Å². The monoisotopic (exact) mass is 394 g/mol. The Kier molecular flexibility index (Phi) is 6.19. The minimum Gasteiger partial charge on any atom is -0.325 e. The van der Waals surface area contributed by atoms with Crippen LogP contribution in [0.2, 0.25) is 0 Å². The van der Waals surface area contributed by atoms with E-state index in [4.69, 9.17) is 0 Å². The minimum atomic E-state index is -0.0433. The first kappa shape index (κ1) is 20.1. The Bertz CT molecular complexity index is 994. The Hall–Kier alpha value is -2.60. The predicted octanol–water partition coefficient (Wildman–Crippen LogP) is 5.05. The van der Waals surface area contributed by atoms with Crippen molar-refractivity contribution in [1.29, 1.82) is 0 Å². The number of hydrogen-bond acceptors (Lipinski definition) is 4. The van der Waals surface area contributed by atoms with E-state index in [-0.39, 0.29) is 11.7 Å². The first-order valence-electron chi connectivity index (χ1n) is 9.38.